The largest absolute Gasteiger partial charge is 0.394 e. The number of benzene rings is 1. The molecule has 3 aromatic heterocycles. The second-order valence-electron chi connectivity index (χ2n) is 7.93. The average Bonchev–Trinajstić information content (AvgIpc) is 3.48. The van der Waals surface area contributed by atoms with Gasteiger partial charge in [0.25, 0.3) is 0 Å². The van der Waals surface area contributed by atoms with Gasteiger partial charge in [0.05, 0.1) is 12.9 Å². The molecule has 4 atom stereocenters. The van der Waals surface area contributed by atoms with Crippen LogP contribution in [0.2, 0.25) is 0 Å². The van der Waals surface area contributed by atoms with Crippen molar-refractivity contribution in [2.75, 3.05) is 18.5 Å². The molecule has 4 aromatic rings. The number of hydrogen-bond donors (Lipinski definition) is 5. The summed E-state index contributed by atoms with van der Waals surface area (Å²) < 4.78 is 7.17. The summed E-state index contributed by atoms with van der Waals surface area (Å²) in [6, 6.07) is 8.29. The lowest BCUT2D eigenvalue weighted by Crippen LogP contribution is -2.33. The predicted molar refractivity (Wildman–Crippen MR) is 118 cm³/mol. The van der Waals surface area contributed by atoms with Gasteiger partial charge in [-0.25, -0.2) is 15.0 Å². The zero-order chi connectivity index (χ0) is 22.2. The van der Waals surface area contributed by atoms with Gasteiger partial charge in [0, 0.05) is 23.1 Å². The smallest absolute Gasteiger partial charge is 0.167 e. The minimum Gasteiger partial charge on any atom is -0.394 e. The van der Waals surface area contributed by atoms with Crippen molar-refractivity contribution in [3.63, 3.8) is 0 Å². The van der Waals surface area contributed by atoms with Gasteiger partial charge in [-0.15, -0.1) is 0 Å². The number of aliphatic hydroxyl groups is 3. The standard InChI is InChI=1S/C22H26N6O4/c1-2-14-13(12-5-3-4-6-15(12)27-14)7-8-23-20-17-21(25-10-24-20)28(11-26-17)22-19(31)18(30)16(9-29)32-22/h3-6,10-11,16,18-19,22,27,29-31H,2,7-9H2,1H3,(H,23,24,25)/t16-,18-,19-,22-/m1/s1. The molecule has 4 heterocycles. The molecule has 1 aliphatic rings. The quantitative estimate of drug-likeness (QED) is 0.289. The van der Waals surface area contributed by atoms with Crippen molar-refractivity contribution in [2.45, 2.75) is 44.3 Å². The van der Waals surface area contributed by atoms with Crippen molar-refractivity contribution in [1.29, 1.82) is 0 Å². The molecule has 0 saturated carbocycles. The van der Waals surface area contributed by atoms with Crippen LogP contribution in [0.5, 0.6) is 0 Å². The van der Waals surface area contributed by atoms with Crippen molar-refractivity contribution in [1.82, 2.24) is 24.5 Å². The zero-order valence-electron chi connectivity index (χ0n) is 17.6. The van der Waals surface area contributed by atoms with Crippen LogP contribution in [0.1, 0.15) is 24.4 Å². The Morgan fingerprint density at radius 2 is 2.00 bits per heavy atom. The molecule has 0 aliphatic carbocycles. The molecule has 0 amide bonds. The van der Waals surface area contributed by atoms with Crippen LogP contribution in [-0.2, 0) is 17.6 Å². The molecule has 10 nitrogen and oxygen atoms in total. The summed E-state index contributed by atoms with van der Waals surface area (Å²) in [5.41, 5.74) is 4.67. The minimum atomic E-state index is -1.20. The van der Waals surface area contributed by atoms with E-state index in [4.69, 9.17) is 4.74 Å². The Morgan fingerprint density at radius 3 is 2.78 bits per heavy atom. The molecule has 1 fully saturated rings. The first-order chi connectivity index (χ1) is 15.6. The molecule has 0 unspecified atom stereocenters. The number of aryl methyl sites for hydroxylation is 1. The number of para-hydroxylation sites is 1. The fraction of sp³-hybridized carbons (Fsp3) is 0.409. The van der Waals surface area contributed by atoms with Crippen molar-refractivity contribution in [2.24, 2.45) is 0 Å². The average molecular weight is 438 g/mol. The van der Waals surface area contributed by atoms with Gasteiger partial charge in [-0.05, 0) is 24.5 Å². The molecule has 0 spiro atoms. The second kappa shape index (κ2) is 8.47. The number of imidazole rings is 1. The normalized spacial score (nSPS) is 23.4. The molecule has 1 saturated heterocycles. The Hall–Kier alpha value is -3.05. The van der Waals surface area contributed by atoms with E-state index in [1.807, 2.05) is 12.1 Å². The molecule has 0 bridgehead atoms. The van der Waals surface area contributed by atoms with Crippen molar-refractivity contribution in [3.05, 3.63) is 48.2 Å². The number of ether oxygens (including phenoxy) is 1. The fourth-order valence-corrected chi connectivity index (χ4v) is 4.43. The lowest BCUT2D eigenvalue weighted by atomic mass is 10.1. The van der Waals surface area contributed by atoms with E-state index in [1.54, 1.807) is 4.57 Å². The summed E-state index contributed by atoms with van der Waals surface area (Å²) >= 11 is 0. The molecule has 1 aromatic carbocycles. The zero-order valence-corrected chi connectivity index (χ0v) is 17.6. The van der Waals surface area contributed by atoms with Crippen LogP contribution in [0.3, 0.4) is 0 Å². The first-order valence-corrected chi connectivity index (χ1v) is 10.7. The van der Waals surface area contributed by atoms with E-state index in [0.717, 1.165) is 18.4 Å². The van der Waals surface area contributed by atoms with E-state index >= 15 is 0 Å². The van der Waals surface area contributed by atoms with E-state index in [9.17, 15) is 15.3 Å². The van der Waals surface area contributed by atoms with Crippen LogP contribution in [0.25, 0.3) is 22.1 Å². The summed E-state index contributed by atoms with van der Waals surface area (Å²) in [6.07, 6.45) is 0.512. The minimum absolute atomic E-state index is 0.392. The summed E-state index contributed by atoms with van der Waals surface area (Å²) in [4.78, 5) is 16.5. The topological polar surface area (TPSA) is 141 Å². The van der Waals surface area contributed by atoms with Crippen molar-refractivity contribution in [3.8, 4) is 0 Å². The number of nitrogens with one attached hydrogen (secondary N) is 2. The van der Waals surface area contributed by atoms with Crippen LogP contribution < -0.4 is 5.32 Å². The highest BCUT2D eigenvalue weighted by Crippen LogP contribution is 2.32. The number of hydrogen-bond acceptors (Lipinski definition) is 8. The van der Waals surface area contributed by atoms with Crippen LogP contribution in [0, 0.1) is 0 Å². The van der Waals surface area contributed by atoms with E-state index in [0.29, 0.717) is 23.5 Å². The monoisotopic (exact) mass is 438 g/mol. The van der Waals surface area contributed by atoms with Crippen LogP contribution >= 0.6 is 0 Å². The van der Waals surface area contributed by atoms with Gasteiger partial charge in [-0.3, -0.25) is 4.57 Å². The van der Waals surface area contributed by atoms with Gasteiger partial charge in [0.2, 0.25) is 0 Å². The Balaban J connectivity index is 1.37. The molecule has 10 heteroatoms. The van der Waals surface area contributed by atoms with Gasteiger partial charge in [0.1, 0.15) is 24.6 Å². The SMILES string of the molecule is CCc1[nH]c2ccccc2c1CCNc1ncnc2c1ncn2[C@@H]1O[C@H](CO)[C@@H](O)[C@H]1O. The van der Waals surface area contributed by atoms with Crippen molar-refractivity contribution >= 4 is 27.9 Å². The third kappa shape index (κ3) is 3.41. The molecule has 0 radical (unpaired) electrons. The van der Waals surface area contributed by atoms with Gasteiger partial charge in [0.15, 0.2) is 23.2 Å². The van der Waals surface area contributed by atoms with Gasteiger partial charge >= 0.3 is 0 Å². The number of aromatic amines is 1. The van der Waals surface area contributed by atoms with E-state index in [-0.39, 0.29) is 0 Å². The lowest BCUT2D eigenvalue weighted by molar-refractivity contribution is -0.0511. The first-order valence-electron chi connectivity index (χ1n) is 10.7. The summed E-state index contributed by atoms with van der Waals surface area (Å²) in [5.74, 6) is 0.582. The number of rotatable bonds is 7. The predicted octanol–water partition coefficient (Wildman–Crippen LogP) is 1.14. The lowest BCUT2D eigenvalue weighted by Gasteiger charge is -2.16. The molecule has 5 N–H and O–H groups in total. The van der Waals surface area contributed by atoms with Crippen molar-refractivity contribution < 1.29 is 20.1 Å². The van der Waals surface area contributed by atoms with E-state index < -0.39 is 31.1 Å². The number of aromatic nitrogens is 5. The number of fused-ring (bicyclic) bond motifs is 2. The van der Waals surface area contributed by atoms with Crippen LogP contribution in [0.15, 0.2) is 36.9 Å². The maximum Gasteiger partial charge on any atom is 0.167 e. The number of anilines is 1. The fourth-order valence-electron chi connectivity index (χ4n) is 4.43. The van der Waals surface area contributed by atoms with Crippen LogP contribution in [-0.4, -0.2) is 71.3 Å². The Kier molecular flexibility index (Phi) is 5.51. The maximum absolute atomic E-state index is 10.3. The third-order valence-electron chi connectivity index (χ3n) is 6.07. The molecule has 5 rings (SSSR count). The first kappa shape index (κ1) is 20.8. The Labute approximate surface area is 183 Å². The third-order valence-corrected chi connectivity index (χ3v) is 6.07. The maximum atomic E-state index is 10.3. The van der Waals surface area contributed by atoms with E-state index in [2.05, 4.69) is 44.3 Å². The van der Waals surface area contributed by atoms with Gasteiger partial charge in [-0.1, -0.05) is 25.1 Å². The number of H-pyrrole nitrogens is 1. The second-order valence-corrected chi connectivity index (χ2v) is 7.93. The number of nitrogens with zero attached hydrogens (tertiary/aromatic N) is 4. The van der Waals surface area contributed by atoms with Gasteiger partial charge in [-0.2, -0.15) is 0 Å². The number of aliphatic hydroxyl groups excluding tert-OH is 3. The molecule has 32 heavy (non-hydrogen) atoms. The highest BCUT2D eigenvalue weighted by molar-refractivity contribution is 5.85. The van der Waals surface area contributed by atoms with Crippen LogP contribution in [0.4, 0.5) is 5.82 Å². The molecule has 1 aliphatic heterocycles. The Bertz CT molecular complexity index is 1240. The van der Waals surface area contributed by atoms with Gasteiger partial charge < -0.3 is 30.4 Å². The summed E-state index contributed by atoms with van der Waals surface area (Å²) in [6.45, 7) is 2.40. The Morgan fingerprint density at radius 1 is 1.16 bits per heavy atom. The highest BCUT2D eigenvalue weighted by Gasteiger charge is 2.44. The summed E-state index contributed by atoms with van der Waals surface area (Å²) in [5, 5.41) is 34.3. The molecule has 168 valence electrons. The van der Waals surface area contributed by atoms with E-state index in [1.165, 1.54) is 29.3 Å². The molecular weight excluding hydrogens is 412 g/mol. The summed E-state index contributed by atoms with van der Waals surface area (Å²) in [7, 11) is 0. The molecular formula is C22H26N6O4. The highest BCUT2D eigenvalue weighted by atomic mass is 16.6.